The molecule has 1 radical (unpaired) electrons. The van der Waals surface area contributed by atoms with Crippen molar-refractivity contribution in [2.45, 2.75) is 51.9 Å². The molecule has 0 nitrogen and oxygen atoms in total. The summed E-state index contributed by atoms with van der Waals surface area (Å²) in [5.41, 5.74) is 1.25. The second-order valence-electron chi connectivity index (χ2n) is 4.04. The van der Waals surface area contributed by atoms with E-state index < -0.39 is 0 Å². The normalized spacial score (nSPS) is 10.5. The third kappa shape index (κ3) is 5.22. The third-order valence-corrected chi connectivity index (χ3v) is 3.06. The van der Waals surface area contributed by atoms with E-state index in [4.69, 9.17) is 11.6 Å². The molecule has 0 spiro atoms. The standard InChI is InChI=1S/C14H20Cl/c1-2-3-4-5-6-7-10-13-11-8-9-12-14(13)15/h9,11-12H,2-7,10H2,1H3. The van der Waals surface area contributed by atoms with Crippen LogP contribution < -0.4 is 0 Å². The third-order valence-electron chi connectivity index (χ3n) is 2.69. The van der Waals surface area contributed by atoms with Crippen LogP contribution >= 0.6 is 11.6 Å². The molecule has 0 amide bonds. The molecule has 0 unspecified atom stereocenters. The Morgan fingerprint density at radius 1 is 1.13 bits per heavy atom. The molecule has 0 aliphatic rings. The average molecular weight is 224 g/mol. The van der Waals surface area contributed by atoms with E-state index in [1.54, 1.807) is 0 Å². The number of halogens is 1. The number of aryl methyl sites for hydroxylation is 1. The topological polar surface area (TPSA) is 0 Å². The Morgan fingerprint density at radius 3 is 2.60 bits per heavy atom. The number of rotatable bonds is 7. The molecule has 0 aromatic heterocycles. The molecule has 83 valence electrons. The van der Waals surface area contributed by atoms with Gasteiger partial charge >= 0.3 is 0 Å². The van der Waals surface area contributed by atoms with Gasteiger partial charge in [0, 0.05) is 5.02 Å². The summed E-state index contributed by atoms with van der Waals surface area (Å²) in [6.45, 7) is 2.25. The fourth-order valence-electron chi connectivity index (χ4n) is 1.73. The second-order valence-corrected chi connectivity index (χ2v) is 4.44. The fraction of sp³-hybridized carbons (Fsp3) is 0.571. The Labute approximate surface area is 98.7 Å². The summed E-state index contributed by atoms with van der Waals surface area (Å²) >= 11 is 6.07. The van der Waals surface area contributed by atoms with Gasteiger partial charge in [-0.2, -0.15) is 0 Å². The number of hydrogen-bond acceptors (Lipinski definition) is 0. The second kappa shape index (κ2) is 7.76. The van der Waals surface area contributed by atoms with Gasteiger partial charge in [0.1, 0.15) is 0 Å². The van der Waals surface area contributed by atoms with Gasteiger partial charge in [0.25, 0.3) is 0 Å². The van der Waals surface area contributed by atoms with Gasteiger partial charge in [0.2, 0.25) is 0 Å². The van der Waals surface area contributed by atoms with Crippen molar-refractivity contribution in [1.29, 1.82) is 0 Å². The summed E-state index contributed by atoms with van der Waals surface area (Å²) < 4.78 is 0. The summed E-state index contributed by atoms with van der Waals surface area (Å²) in [5, 5.41) is 0.891. The number of unbranched alkanes of at least 4 members (excludes halogenated alkanes) is 5. The molecule has 0 aliphatic heterocycles. The van der Waals surface area contributed by atoms with Crippen LogP contribution in [-0.4, -0.2) is 0 Å². The van der Waals surface area contributed by atoms with E-state index in [0.717, 1.165) is 11.4 Å². The first-order chi connectivity index (χ1) is 7.34. The molecule has 1 aromatic rings. The van der Waals surface area contributed by atoms with Crippen LogP contribution in [0.15, 0.2) is 18.2 Å². The lowest BCUT2D eigenvalue weighted by atomic mass is 10.1. The Hall–Kier alpha value is -0.490. The Bertz CT molecular complexity index is 268. The van der Waals surface area contributed by atoms with Crippen LogP contribution in [0.2, 0.25) is 5.02 Å². The molecule has 0 fully saturated rings. The van der Waals surface area contributed by atoms with Gasteiger partial charge in [0.15, 0.2) is 0 Å². The summed E-state index contributed by atoms with van der Waals surface area (Å²) in [6, 6.07) is 8.88. The molecule has 0 saturated carbocycles. The molecule has 0 heterocycles. The largest absolute Gasteiger partial charge is 0.0840 e. The molecule has 0 atom stereocenters. The van der Waals surface area contributed by atoms with Crippen molar-refractivity contribution in [3.8, 4) is 0 Å². The van der Waals surface area contributed by atoms with E-state index >= 15 is 0 Å². The van der Waals surface area contributed by atoms with Crippen LogP contribution in [0.4, 0.5) is 0 Å². The monoisotopic (exact) mass is 223 g/mol. The lowest BCUT2D eigenvalue weighted by Crippen LogP contribution is -1.87. The lowest BCUT2D eigenvalue weighted by Gasteiger charge is -2.03. The highest BCUT2D eigenvalue weighted by atomic mass is 35.5. The van der Waals surface area contributed by atoms with Gasteiger partial charge in [-0.05, 0) is 36.6 Å². The van der Waals surface area contributed by atoms with Gasteiger partial charge in [0.05, 0.1) is 0 Å². The van der Waals surface area contributed by atoms with Crippen LogP contribution in [0, 0.1) is 6.07 Å². The van der Waals surface area contributed by atoms with Crippen molar-refractivity contribution in [2.24, 2.45) is 0 Å². The first-order valence-corrected chi connectivity index (χ1v) is 6.37. The SMILES string of the molecule is CCCCCCCCc1c[c]ccc1Cl. The predicted octanol–water partition coefficient (Wildman–Crippen LogP) is 5.04. The first kappa shape index (κ1) is 12.6. The van der Waals surface area contributed by atoms with Crippen molar-refractivity contribution in [3.63, 3.8) is 0 Å². The van der Waals surface area contributed by atoms with Gasteiger partial charge in [-0.1, -0.05) is 56.7 Å². The average Bonchev–Trinajstić information content (AvgIpc) is 2.25. The van der Waals surface area contributed by atoms with Crippen molar-refractivity contribution < 1.29 is 0 Å². The van der Waals surface area contributed by atoms with Crippen LogP contribution in [0.25, 0.3) is 0 Å². The van der Waals surface area contributed by atoms with E-state index in [1.807, 2.05) is 18.2 Å². The van der Waals surface area contributed by atoms with Gasteiger partial charge < -0.3 is 0 Å². The van der Waals surface area contributed by atoms with Gasteiger partial charge in [-0.3, -0.25) is 0 Å². The van der Waals surface area contributed by atoms with E-state index in [1.165, 1.54) is 44.1 Å². The fourth-order valence-corrected chi connectivity index (χ4v) is 1.95. The Morgan fingerprint density at radius 2 is 1.87 bits per heavy atom. The maximum Gasteiger partial charge on any atom is 0.0438 e. The van der Waals surface area contributed by atoms with Crippen LogP contribution in [0.3, 0.4) is 0 Å². The molecular formula is C14H20Cl. The number of benzene rings is 1. The van der Waals surface area contributed by atoms with Crippen molar-refractivity contribution in [2.75, 3.05) is 0 Å². The molecule has 0 saturated heterocycles. The van der Waals surface area contributed by atoms with Gasteiger partial charge in [-0.25, -0.2) is 0 Å². The zero-order valence-corrected chi connectivity index (χ0v) is 10.3. The minimum atomic E-state index is 0.891. The van der Waals surface area contributed by atoms with Crippen LogP contribution in [-0.2, 0) is 6.42 Å². The van der Waals surface area contributed by atoms with Crippen molar-refractivity contribution in [1.82, 2.24) is 0 Å². The lowest BCUT2D eigenvalue weighted by molar-refractivity contribution is 0.607. The highest BCUT2D eigenvalue weighted by Gasteiger charge is 1.98. The summed E-state index contributed by atoms with van der Waals surface area (Å²) in [7, 11) is 0. The zero-order chi connectivity index (χ0) is 10.9. The highest BCUT2D eigenvalue weighted by molar-refractivity contribution is 6.31. The summed E-state index contributed by atoms with van der Waals surface area (Å²) in [6.07, 6.45) is 9.11. The molecule has 1 heteroatoms. The smallest absolute Gasteiger partial charge is 0.0438 e. The van der Waals surface area contributed by atoms with Crippen molar-refractivity contribution in [3.05, 3.63) is 34.9 Å². The molecule has 0 aliphatic carbocycles. The Kier molecular flexibility index (Phi) is 6.50. The highest BCUT2D eigenvalue weighted by Crippen LogP contribution is 2.17. The molecule has 15 heavy (non-hydrogen) atoms. The molecule has 1 aromatic carbocycles. The summed E-state index contributed by atoms with van der Waals surface area (Å²) in [5.74, 6) is 0. The van der Waals surface area contributed by atoms with Crippen LogP contribution in [0.1, 0.15) is 51.0 Å². The maximum absolute atomic E-state index is 6.07. The summed E-state index contributed by atoms with van der Waals surface area (Å²) in [4.78, 5) is 0. The van der Waals surface area contributed by atoms with Gasteiger partial charge in [-0.15, -0.1) is 0 Å². The number of hydrogen-bond donors (Lipinski definition) is 0. The predicted molar refractivity (Wildman–Crippen MR) is 67.4 cm³/mol. The van der Waals surface area contributed by atoms with E-state index in [0.29, 0.717) is 0 Å². The van der Waals surface area contributed by atoms with Crippen molar-refractivity contribution >= 4 is 11.6 Å². The molecule has 0 N–H and O–H groups in total. The zero-order valence-electron chi connectivity index (χ0n) is 9.56. The molecule has 0 bridgehead atoms. The Balaban J connectivity index is 2.12. The van der Waals surface area contributed by atoms with E-state index in [9.17, 15) is 0 Å². The van der Waals surface area contributed by atoms with Crippen LogP contribution in [0.5, 0.6) is 0 Å². The van der Waals surface area contributed by atoms with E-state index in [2.05, 4.69) is 13.0 Å². The first-order valence-electron chi connectivity index (χ1n) is 5.99. The van der Waals surface area contributed by atoms with E-state index in [-0.39, 0.29) is 0 Å². The minimum absolute atomic E-state index is 0.891. The quantitative estimate of drug-likeness (QED) is 0.568. The minimum Gasteiger partial charge on any atom is -0.0840 e. The maximum atomic E-state index is 6.07. The molecular weight excluding hydrogens is 204 g/mol. The molecule has 1 rings (SSSR count).